The number of ether oxygens (including phenoxy) is 1. The number of halogens is 2. The number of aromatic nitrogens is 1. The number of nitrogens with zero attached hydrogens (tertiary/aromatic N) is 1. The van der Waals surface area contributed by atoms with Crippen molar-refractivity contribution in [2.24, 2.45) is 0 Å². The molecule has 0 saturated heterocycles. The minimum atomic E-state index is -3.80. The third-order valence-electron chi connectivity index (χ3n) is 3.38. The molecule has 0 aliphatic carbocycles. The van der Waals surface area contributed by atoms with Gasteiger partial charge in [-0.15, -0.1) is 11.3 Å². The lowest BCUT2D eigenvalue weighted by molar-refractivity contribution is -0.118. The van der Waals surface area contributed by atoms with Gasteiger partial charge in [-0.05, 0) is 36.4 Å². The molecule has 0 bridgehead atoms. The highest BCUT2D eigenvalue weighted by Gasteiger charge is 2.16. The smallest absolute Gasteiger partial charge is 0.263 e. The standard InChI is InChI=1S/C17H13F2N3O4S2/c18-13-2-1-3-14(16(13)19)26-10-15(23)21-11-4-6-12(7-5-11)28(24,25)22-17-20-8-9-27-17/h1-9H,10H2,(H,20,22)(H,21,23). The van der Waals surface area contributed by atoms with Crippen LogP contribution in [-0.4, -0.2) is 25.9 Å². The number of thiazole rings is 1. The van der Waals surface area contributed by atoms with Crippen molar-refractivity contribution in [1.29, 1.82) is 0 Å². The molecule has 0 aliphatic heterocycles. The van der Waals surface area contributed by atoms with Gasteiger partial charge in [0.15, 0.2) is 23.3 Å². The van der Waals surface area contributed by atoms with Gasteiger partial charge in [-0.3, -0.25) is 9.52 Å². The lowest BCUT2D eigenvalue weighted by Gasteiger charge is -2.09. The van der Waals surface area contributed by atoms with E-state index in [-0.39, 0.29) is 15.8 Å². The molecule has 0 aliphatic rings. The number of hydrogen-bond donors (Lipinski definition) is 2. The normalized spacial score (nSPS) is 11.1. The van der Waals surface area contributed by atoms with Crippen molar-refractivity contribution in [2.45, 2.75) is 4.90 Å². The average molecular weight is 425 g/mol. The Morgan fingerprint density at radius 3 is 2.57 bits per heavy atom. The quantitative estimate of drug-likeness (QED) is 0.606. The first-order valence-electron chi connectivity index (χ1n) is 7.74. The maximum Gasteiger partial charge on any atom is 0.263 e. The summed E-state index contributed by atoms with van der Waals surface area (Å²) in [6.45, 7) is -0.550. The van der Waals surface area contributed by atoms with Crippen molar-refractivity contribution < 1.29 is 26.7 Å². The number of carbonyl (C=O) groups is 1. The molecule has 0 spiro atoms. The largest absolute Gasteiger partial charge is 0.481 e. The topological polar surface area (TPSA) is 97.4 Å². The Morgan fingerprint density at radius 2 is 1.89 bits per heavy atom. The van der Waals surface area contributed by atoms with Crippen molar-refractivity contribution in [3.63, 3.8) is 0 Å². The summed E-state index contributed by atoms with van der Waals surface area (Å²) in [5.41, 5.74) is 0.307. The van der Waals surface area contributed by atoms with E-state index < -0.39 is 34.2 Å². The van der Waals surface area contributed by atoms with Crippen LogP contribution in [0.3, 0.4) is 0 Å². The molecule has 7 nitrogen and oxygen atoms in total. The SMILES string of the molecule is O=C(COc1cccc(F)c1F)Nc1ccc(S(=O)(=O)Nc2nccs2)cc1. The van der Waals surface area contributed by atoms with Crippen molar-refractivity contribution in [1.82, 2.24) is 4.98 Å². The molecule has 0 fully saturated rings. The summed E-state index contributed by atoms with van der Waals surface area (Å²) in [5.74, 6) is -3.27. The van der Waals surface area contributed by atoms with Gasteiger partial charge in [0.1, 0.15) is 0 Å². The number of anilines is 2. The van der Waals surface area contributed by atoms with Crippen LogP contribution in [0.4, 0.5) is 19.6 Å². The van der Waals surface area contributed by atoms with Crippen LogP contribution in [0.15, 0.2) is 58.9 Å². The Bertz CT molecular complexity index is 1070. The van der Waals surface area contributed by atoms with Crippen LogP contribution in [-0.2, 0) is 14.8 Å². The molecule has 3 rings (SSSR count). The number of sulfonamides is 1. The van der Waals surface area contributed by atoms with Crippen LogP contribution in [0, 0.1) is 11.6 Å². The zero-order chi connectivity index (χ0) is 20.1. The molecule has 2 N–H and O–H groups in total. The molecule has 0 atom stereocenters. The van der Waals surface area contributed by atoms with Crippen molar-refractivity contribution in [3.8, 4) is 5.75 Å². The highest BCUT2D eigenvalue weighted by Crippen LogP contribution is 2.20. The van der Waals surface area contributed by atoms with Gasteiger partial charge in [-0.25, -0.2) is 17.8 Å². The maximum atomic E-state index is 13.5. The monoisotopic (exact) mass is 425 g/mol. The zero-order valence-electron chi connectivity index (χ0n) is 14.1. The lowest BCUT2D eigenvalue weighted by Crippen LogP contribution is -2.20. The third kappa shape index (κ3) is 4.81. The van der Waals surface area contributed by atoms with Gasteiger partial charge < -0.3 is 10.1 Å². The van der Waals surface area contributed by atoms with Crippen LogP contribution in [0.5, 0.6) is 5.75 Å². The number of benzene rings is 2. The summed E-state index contributed by atoms with van der Waals surface area (Å²) in [6.07, 6.45) is 1.47. The first-order chi connectivity index (χ1) is 13.3. The van der Waals surface area contributed by atoms with Crippen LogP contribution < -0.4 is 14.8 Å². The molecule has 1 aromatic heterocycles. The van der Waals surface area contributed by atoms with E-state index in [2.05, 4.69) is 15.0 Å². The van der Waals surface area contributed by atoms with E-state index in [1.54, 1.807) is 5.38 Å². The molecule has 2 aromatic carbocycles. The molecule has 0 unspecified atom stereocenters. The number of rotatable bonds is 7. The van der Waals surface area contributed by atoms with Crippen LogP contribution in [0.2, 0.25) is 0 Å². The zero-order valence-corrected chi connectivity index (χ0v) is 15.7. The second kappa shape index (κ2) is 8.31. The molecular formula is C17H13F2N3O4S2. The molecule has 11 heteroatoms. The Labute approximate surface area is 163 Å². The Hall–Kier alpha value is -3.05. The van der Waals surface area contributed by atoms with E-state index in [4.69, 9.17) is 4.74 Å². The van der Waals surface area contributed by atoms with Gasteiger partial charge in [-0.1, -0.05) is 6.07 Å². The molecule has 28 heavy (non-hydrogen) atoms. The second-order valence-corrected chi connectivity index (χ2v) is 7.93. The molecule has 3 aromatic rings. The van der Waals surface area contributed by atoms with Gasteiger partial charge in [-0.2, -0.15) is 4.39 Å². The van der Waals surface area contributed by atoms with Gasteiger partial charge >= 0.3 is 0 Å². The fourth-order valence-corrected chi connectivity index (χ4v) is 3.89. The molecule has 1 heterocycles. The van der Waals surface area contributed by atoms with Gasteiger partial charge in [0.25, 0.3) is 15.9 Å². The van der Waals surface area contributed by atoms with E-state index in [0.717, 1.165) is 17.4 Å². The highest BCUT2D eigenvalue weighted by atomic mass is 32.2. The van der Waals surface area contributed by atoms with Crippen LogP contribution in [0.1, 0.15) is 0 Å². The molecule has 0 saturated carbocycles. The maximum absolute atomic E-state index is 13.5. The third-order valence-corrected chi connectivity index (χ3v) is 5.55. The first kappa shape index (κ1) is 19.7. The fourth-order valence-electron chi connectivity index (χ4n) is 2.10. The Balaban J connectivity index is 1.59. The molecule has 0 radical (unpaired) electrons. The van der Waals surface area contributed by atoms with Crippen LogP contribution >= 0.6 is 11.3 Å². The average Bonchev–Trinajstić information content (AvgIpc) is 3.16. The summed E-state index contributed by atoms with van der Waals surface area (Å²) >= 11 is 1.14. The van der Waals surface area contributed by atoms with E-state index in [9.17, 15) is 22.0 Å². The van der Waals surface area contributed by atoms with E-state index in [1.807, 2.05) is 0 Å². The van der Waals surface area contributed by atoms with E-state index >= 15 is 0 Å². The summed E-state index contributed by atoms with van der Waals surface area (Å²) in [5, 5.41) is 4.33. The summed E-state index contributed by atoms with van der Waals surface area (Å²) in [4.78, 5) is 15.7. The van der Waals surface area contributed by atoms with E-state index in [0.29, 0.717) is 5.69 Å². The van der Waals surface area contributed by atoms with Crippen molar-refractivity contribution in [3.05, 3.63) is 65.7 Å². The predicted molar refractivity (Wildman–Crippen MR) is 99.8 cm³/mol. The summed E-state index contributed by atoms with van der Waals surface area (Å²) in [6, 6.07) is 8.76. The highest BCUT2D eigenvalue weighted by molar-refractivity contribution is 7.93. The minimum Gasteiger partial charge on any atom is -0.481 e. The van der Waals surface area contributed by atoms with E-state index in [1.165, 1.54) is 42.6 Å². The first-order valence-corrected chi connectivity index (χ1v) is 10.1. The fraction of sp³-hybridized carbons (Fsp3) is 0.0588. The Kier molecular flexibility index (Phi) is 5.85. The number of nitrogens with one attached hydrogen (secondary N) is 2. The van der Waals surface area contributed by atoms with Gasteiger partial charge in [0, 0.05) is 17.3 Å². The lowest BCUT2D eigenvalue weighted by atomic mass is 10.3. The predicted octanol–water partition coefficient (Wildman–Crippen LogP) is 3.24. The summed E-state index contributed by atoms with van der Waals surface area (Å²) in [7, 11) is -3.80. The summed E-state index contributed by atoms with van der Waals surface area (Å²) < 4.78 is 58.3. The minimum absolute atomic E-state index is 0.0150. The molecular weight excluding hydrogens is 412 g/mol. The van der Waals surface area contributed by atoms with Crippen molar-refractivity contribution >= 4 is 38.1 Å². The molecule has 1 amide bonds. The molecule has 146 valence electrons. The van der Waals surface area contributed by atoms with Crippen molar-refractivity contribution in [2.75, 3.05) is 16.6 Å². The second-order valence-electron chi connectivity index (χ2n) is 5.36. The van der Waals surface area contributed by atoms with Gasteiger partial charge in [0.05, 0.1) is 4.90 Å². The number of carbonyl (C=O) groups excluding carboxylic acids is 1. The van der Waals surface area contributed by atoms with Gasteiger partial charge in [0.2, 0.25) is 5.82 Å². The number of hydrogen-bond acceptors (Lipinski definition) is 6. The van der Waals surface area contributed by atoms with Crippen LogP contribution in [0.25, 0.3) is 0 Å². The number of amides is 1. The Morgan fingerprint density at radius 1 is 1.14 bits per heavy atom.